The number of likely N-dealkylation sites (tertiary alicyclic amines) is 1. The van der Waals surface area contributed by atoms with Crippen molar-refractivity contribution in [2.24, 2.45) is 11.3 Å². The molecule has 1 saturated carbocycles. The fraction of sp³-hybridized carbons (Fsp3) is 0.581. The first kappa shape index (κ1) is 31.7. The normalized spacial score (nSPS) is 21.1. The summed E-state index contributed by atoms with van der Waals surface area (Å²) in [6, 6.07) is 4.82. The molecular formula is C31H41FN4O5S. The molecule has 2 aromatic rings. The summed E-state index contributed by atoms with van der Waals surface area (Å²) in [5.74, 6) is -2.17. The second-order valence-electron chi connectivity index (χ2n) is 12.9. The summed E-state index contributed by atoms with van der Waals surface area (Å²) in [5.41, 5.74) is 1.67. The van der Waals surface area contributed by atoms with Crippen LogP contribution in [0, 0.1) is 18.3 Å². The summed E-state index contributed by atoms with van der Waals surface area (Å²) in [6.07, 6.45) is -0.666. The van der Waals surface area contributed by atoms with Crippen molar-refractivity contribution in [3.05, 3.63) is 41.0 Å². The standard InChI is InChI=1S/C31H41FN4O5S/c1-17(2)24(38)14-22(19-7-9-20(10-8-19)25-18(3)33-16-42-25)34-27(39)23-13-21(37)15-36(23)28(40)26(30(4,5)6)35-29(41)31(32)11-12-31/h7-10,16-17,21-23,26,37H,11-15H2,1-6H3,(H,34,39)(H,35,41)/t21-,22+,23+,26+/m1/s1. The van der Waals surface area contributed by atoms with Crippen LogP contribution in [0.15, 0.2) is 29.8 Å². The van der Waals surface area contributed by atoms with Crippen LogP contribution in [0.5, 0.6) is 0 Å². The van der Waals surface area contributed by atoms with E-state index in [0.717, 1.165) is 21.7 Å². The Bertz CT molecular complexity index is 1330. The molecule has 3 N–H and O–H groups in total. The summed E-state index contributed by atoms with van der Waals surface area (Å²) in [5, 5.41) is 16.0. The van der Waals surface area contributed by atoms with Crippen LogP contribution < -0.4 is 10.6 Å². The van der Waals surface area contributed by atoms with Crippen LogP contribution in [0.4, 0.5) is 4.39 Å². The number of β-amino-alcohol motifs (C(OH)–C–C–N with tert-alkyl or cyclic N) is 1. The van der Waals surface area contributed by atoms with E-state index in [4.69, 9.17) is 0 Å². The van der Waals surface area contributed by atoms with Gasteiger partial charge in [0.05, 0.1) is 28.2 Å². The Hall–Kier alpha value is -3.18. The quantitative estimate of drug-likeness (QED) is 0.380. The third kappa shape index (κ3) is 7.06. The van der Waals surface area contributed by atoms with Gasteiger partial charge in [-0.15, -0.1) is 11.3 Å². The van der Waals surface area contributed by atoms with Crippen LogP contribution in [0.25, 0.3) is 10.4 Å². The van der Waals surface area contributed by atoms with Gasteiger partial charge in [-0.1, -0.05) is 58.9 Å². The number of aryl methyl sites for hydroxylation is 1. The van der Waals surface area contributed by atoms with Crippen molar-refractivity contribution < 1.29 is 28.7 Å². The number of aromatic nitrogens is 1. The highest BCUT2D eigenvalue weighted by molar-refractivity contribution is 7.13. The van der Waals surface area contributed by atoms with Crippen LogP contribution >= 0.6 is 11.3 Å². The Labute approximate surface area is 250 Å². The third-order valence-corrected chi connectivity index (χ3v) is 9.01. The first-order valence-corrected chi connectivity index (χ1v) is 15.3. The van der Waals surface area contributed by atoms with Crippen LogP contribution in [0.2, 0.25) is 0 Å². The van der Waals surface area contributed by atoms with Gasteiger partial charge in [-0.25, -0.2) is 9.37 Å². The number of amides is 3. The monoisotopic (exact) mass is 600 g/mol. The minimum Gasteiger partial charge on any atom is -0.391 e. The Morgan fingerprint density at radius 2 is 1.79 bits per heavy atom. The van der Waals surface area contributed by atoms with Crippen molar-refractivity contribution in [2.45, 2.75) is 97.1 Å². The molecule has 2 fully saturated rings. The number of rotatable bonds is 10. The van der Waals surface area contributed by atoms with Gasteiger partial charge in [-0.05, 0) is 36.3 Å². The van der Waals surface area contributed by atoms with Crippen LogP contribution in [0.3, 0.4) is 0 Å². The zero-order valence-corrected chi connectivity index (χ0v) is 25.9. The molecule has 2 heterocycles. The molecule has 9 nitrogen and oxygen atoms in total. The van der Waals surface area contributed by atoms with Gasteiger partial charge < -0.3 is 20.6 Å². The zero-order chi connectivity index (χ0) is 31.0. The molecule has 1 aromatic heterocycles. The molecule has 1 saturated heterocycles. The zero-order valence-electron chi connectivity index (χ0n) is 25.1. The lowest BCUT2D eigenvalue weighted by Crippen LogP contribution is -2.59. The molecule has 1 aromatic carbocycles. The highest BCUT2D eigenvalue weighted by Gasteiger charge is 2.53. The van der Waals surface area contributed by atoms with E-state index in [2.05, 4.69) is 15.6 Å². The number of hydrogen-bond donors (Lipinski definition) is 3. The number of thiazole rings is 1. The van der Waals surface area contributed by atoms with Gasteiger partial charge in [-0.2, -0.15) is 0 Å². The average Bonchev–Trinajstić information content (AvgIpc) is 3.33. The van der Waals surface area contributed by atoms with Crippen LogP contribution in [0.1, 0.15) is 77.6 Å². The van der Waals surface area contributed by atoms with E-state index in [1.807, 2.05) is 31.2 Å². The number of halogens is 1. The van der Waals surface area contributed by atoms with Gasteiger partial charge in [-0.3, -0.25) is 19.2 Å². The predicted molar refractivity (Wildman–Crippen MR) is 158 cm³/mol. The van der Waals surface area contributed by atoms with E-state index >= 15 is 0 Å². The topological polar surface area (TPSA) is 129 Å². The number of alkyl halides is 1. The molecule has 4 atom stereocenters. The van der Waals surface area contributed by atoms with E-state index < -0.39 is 53.0 Å². The molecule has 0 radical (unpaired) electrons. The number of aliphatic hydroxyl groups is 1. The first-order valence-electron chi connectivity index (χ1n) is 14.4. The second-order valence-corrected chi connectivity index (χ2v) is 13.8. The summed E-state index contributed by atoms with van der Waals surface area (Å²) in [7, 11) is 0. The van der Waals surface area contributed by atoms with E-state index in [-0.39, 0.29) is 43.9 Å². The third-order valence-electron chi connectivity index (χ3n) is 8.04. The maximum Gasteiger partial charge on any atom is 0.258 e. The van der Waals surface area contributed by atoms with Gasteiger partial charge >= 0.3 is 0 Å². The molecule has 228 valence electrons. The van der Waals surface area contributed by atoms with E-state index in [0.29, 0.717) is 0 Å². The number of nitrogens with zero attached hydrogens (tertiary/aromatic N) is 2. The number of aliphatic hydroxyl groups excluding tert-OH is 1. The molecule has 1 aliphatic carbocycles. The number of ketones is 1. The fourth-order valence-electron chi connectivity index (χ4n) is 5.12. The second kappa shape index (κ2) is 12.2. The van der Waals surface area contributed by atoms with Gasteiger partial charge in [0.25, 0.3) is 5.91 Å². The minimum atomic E-state index is -1.96. The highest BCUT2D eigenvalue weighted by Crippen LogP contribution is 2.40. The molecule has 4 rings (SSSR count). The highest BCUT2D eigenvalue weighted by atomic mass is 32.1. The summed E-state index contributed by atoms with van der Waals surface area (Å²) < 4.78 is 14.5. The van der Waals surface area contributed by atoms with Crippen molar-refractivity contribution in [3.8, 4) is 10.4 Å². The molecule has 0 bridgehead atoms. The first-order chi connectivity index (χ1) is 19.6. The van der Waals surface area contributed by atoms with Gasteiger partial charge in [0.15, 0.2) is 5.67 Å². The molecule has 3 amide bonds. The van der Waals surface area contributed by atoms with E-state index in [9.17, 15) is 28.7 Å². The number of Topliss-reactive ketones (excluding diaryl/α,β-unsaturated/α-hetero) is 1. The van der Waals surface area contributed by atoms with Crippen molar-refractivity contribution in [1.82, 2.24) is 20.5 Å². The largest absolute Gasteiger partial charge is 0.391 e. The minimum absolute atomic E-state index is 0.00384. The molecule has 0 unspecified atom stereocenters. The predicted octanol–water partition coefficient (Wildman–Crippen LogP) is 3.89. The Kier molecular flexibility index (Phi) is 9.22. The summed E-state index contributed by atoms with van der Waals surface area (Å²) in [4.78, 5) is 59.5. The van der Waals surface area contributed by atoms with Gasteiger partial charge in [0.2, 0.25) is 11.8 Å². The number of hydrogen-bond acceptors (Lipinski definition) is 7. The van der Waals surface area contributed by atoms with Crippen molar-refractivity contribution in [1.29, 1.82) is 0 Å². The number of carbonyl (C=O) groups is 4. The van der Waals surface area contributed by atoms with Crippen molar-refractivity contribution in [2.75, 3.05) is 6.54 Å². The maximum absolute atomic E-state index is 14.5. The van der Waals surface area contributed by atoms with E-state index in [1.54, 1.807) is 40.1 Å². The summed E-state index contributed by atoms with van der Waals surface area (Å²) in [6.45, 7) is 10.7. The molecule has 11 heteroatoms. The molecular weight excluding hydrogens is 559 g/mol. The van der Waals surface area contributed by atoms with Crippen LogP contribution in [-0.4, -0.2) is 68.9 Å². The number of nitrogens with one attached hydrogen (secondary N) is 2. The molecule has 0 spiro atoms. The molecule has 1 aliphatic heterocycles. The van der Waals surface area contributed by atoms with Crippen LogP contribution in [-0.2, 0) is 19.2 Å². The van der Waals surface area contributed by atoms with Crippen molar-refractivity contribution >= 4 is 34.8 Å². The van der Waals surface area contributed by atoms with E-state index in [1.165, 1.54) is 16.2 Å². The lowest BCUT2D eigenvalue weighted by molar-refractivity contribution is -0.145. The average molecular weight is 601 g/mol. The molecule has 2 aliphatic rings. The SMILES string of the molecule is Cc1ncsc1-c1ccc([C@H](CC(=O)C(C)C)NC(=O)[C@@H]2C[C@@H](O)CN2C(=O)[C@H](NC(=O)C2(F)CC2)C(C)(C)C)cc1. The maximum atomic E-state index is 14.5. The number of carbonyl (C=O) groups excluding carboxylic acids is 4. The summed E-state index contributed by atoms with van der Waals surface area (Å²) >= 11 is 1.53. The Balaban J connectivity index is 1.56. The Morgan fingerprint density at radius 3 is 2.31 bits per heavy atom. The number of benzene rings is 1. The van der Waals surface area contributed by atoms with Gasteiger partial charge in [0.1, 0.15) is 17.9 Å². The Morgan fingerprint density at radius 1 is 1.14 bits per heavy atom. The van der Waals surface area contributed by atoms with Crippen molar-refractivity contribution in [3.63, 3.8) is 0 Å². The lowest BCUT2D eigenvalue weighted by atomic mass is 9.85. The molecule has 42 heavy (non-hydrogen) atoms. The van der Waals surface area contributed by atoms with Gasteiger partial charge in [0, 0.05) is 25.3 Å². The fourth-order valence-corrected chi connectivity index (χ4v) is 5.93. The lowest BCUT2D eigenvalue weighted by Gasteiger charge is -2.36. The smallest absolute Gasteiger partial charge is 0.258 e.